The van der Waals surface area contributed by atoms with E-state index in [-0.39, 0.29) is 5.91 Å². The van der Waals surface area contributed by atoms with Crippen LogP contribution in [-0.2, 0) is 18.3 Å². The minimum atomic E-state index is 0.183. The Kier molecular flexibility index (Phi) is 4.94. The van der Waals surface area contributed by atoms with E-state index in [2.05, 4.69) is 37.8 Å². The Balaban J connectivity index is 1.27. The van der Waals surface area contributed by atoms with Gasteiger partial charge in [-0.15, -0.1) is 0 Å². The monoisotopic (exact) mass is 414 g/mol. The number of nitrogens with zero attached hydrogens (tertiary/aromatic N) is 6. The van der Waals surface area contributed by atoms with Crippen molar-refractivity contribution in [2.75, 3.05) is 31.1 Å². The van der Waals surface area contributed by atoms with E-state index in [1.807, 2.05) is 66.2 Å². The number of fused-ring (bicyclic) bond motifs is 1. The van der Waals surface area contributed by atoms with Gasteiger partial charge in [0.05, 0.1) is 6.42 Å². The van der Waals surface area contributed by atoms with Gasteiger partial charge in [-0.05, 0) is 30.7 Å². The summed E-state index contributed by atoms with van der Waals surface area (Å²) in [6.07, 6.45) is 6.47. The lowest BCUT2D eigenvalue weighted by Crippen LogP contribution is -2.49. The highest BCUT2D eigenvalue weighted by Crippen LogP contribution is 2.22. The van der Waals surface area contributed by atoms with E-state index in [4.69, 9.17) is 0 Å². The number of carbonyl (C=O) groups is 1. The van der Waals surface area contributed by atoms with Crippen molar-refractivity contribution in [3.63, 3.8) is 0 Å². The molecule has 1 aliphatic heterocycles. The number of amides is 1. The molecule has 4 aromatic rings. The fourth-order valence-electron chi connectivity index (χ4n) is 4.34. The highest BCUT2D eigenvalue weighted by atomic mass is 16.2. The summed E-state index contributed by atoms with van der Waals surface area (Å²) in [5, 5.41) is 1.16. The molecule has 0 radical (unpaired) electrons. The molecule has 0 aliphatic carbocycles. The third-order valence-corrected chi connectivity index (χ3v) is 5.96. The zero-order chi connectivity index (χ0) is 21.4. The Morgan fingerprint density at radius 3 is 2.45 bits per heavy atom. The number of benzene rings is 1. The number of aryl methyl sites for hydroxylation is 2. The molecule has 0 atom stereocenters. The first-order chi connectivity index (χ1) is 15.1. The molecule has 31 heavy (non-hydrogen) atoms. The van der Waals surface area contributed by atoms with Gasteiger partial charge in [-0.2, -0.15) is 0 Å². The molecule has 7 heteroatoms. The summed E-state index contributed by atoms with van der Waals surface area (Å²) in [6.45, 7) is 4.85. The van der Waals surface area contributed by atoms with Crippen molar-refractivity contribution in [2.45, 2.75) is 13.3 Å². The maximum absolute atomic E-state index is 13.0. The van der Waals surface area contributed by atoms with Crippen LogP contribution in [0.5, 0.6) is 0 Å². The Morgan fingerprint density at radius 1 is 0.968 bits per heavy atom. The first kappa shape index (κ1) is 19.4. The smallest absolute Gasteiger partial charge is 0.227 e. The van der Waals surface area contributed by atoms with Crippen LogP contribution in [0.1, 0.15) is 11.4 Å². The van der Waals surface area contributed by atoms with Crippen LogP contribution in [0.2, 0.25) is 0 Å². The fraction of sp³-hybridized carbons (Fsp3) is 0.292. The molecule has 0 bridgehead atoms. The molecule has 1 saturated heterocycles. The third kappa shape index (κ3) is 3.79. The van der Waals surface area contributed by atoms with Gasteiger partial charge in [0.1, 0.15) is 17.5 Å². The number of anilines is 1. The second-order valence-corrected chi connectivity index (χ2v) is 8.05. The van der Waals surface area contributed by atoms with Crippen LogP contribution in [0.3, 0.4) is 0 Å². The van der Waals surface area contributed by atoms with Crippen LogP contribution >= 0.6 is 0 Å². The molecular weight excluding hydrogens is 388 g/mol. The molecule has 1 aliphatic rings. The van der Waals surface area contributed by atoms with Crippen LogP contribution in [-0.4, -0.2) is 56.1 Å². The summed E-state index contributed by atoms with van der Waals surface area (Å²) < 4.78 is 4.08. The minimum absolute atomic E-state index is 0.183. The Labute approximate surface area is 181 Å². The topological polar surface area (TPSA) is 59.2 Å². The number of piperazine rings is 1. The van der Waals surface area contributed by atoms with Crippen molar-refractivity contribution in [2.24, 2.45) is 7.05 Å². The van der Waals surface area contributed by atoms with Gasteiger partial charge in [0.2, 0.25) is 5.91 Å². The predicted octanol–water partition coefficient (Wildman–Crippen LogP) is 2.96. The molecule has 1 aromatic carbocycles. The van der Waals surface area contributed by atoms with Crippen LogP contribution in [0.25, 0.3) is 16.7 Å². The molecule has 158 valence electrons. The maximum atomic E-state index is 13.0. The van der Waals surface area contributed by atoms with E-state index in [1.54, 1.807) is 0 Å². The molecule has 0 N–H and O–H groups in total. The van der Waals surface area contributed by atoms with Gasteiger partial charge in [-0.1, -0.05) is 18.2 Å². The normalized spacial score (nSPS) is 14.4. The number of para-hydroxylation sites is 1. The average Bonchev–Trinajstić information content (AvgIpc) is 3.43. The quantitative estimate of drug-likeness (QED) is 0.515. The van der Waals surface area contributed by atoms with E-state index in [0.717, 1.165) is 47.0 Å². The largest absolute Gasteiger partial charge is 0.353 e. The molecule has 0 unspecified atom stereocenters. The second kappa shape index (κ2) is 7.91. The number of carbonyl (C=O) groups excluding carboxylic acids is 1. The van der Waals surface area contributed by atoms with Gasteiger partial charge in [0.15, 0.2) is 0 Å². The molecule has 7 nitrogen and oxygen atoms in total. The van der Waals surface area contributed by atoms with Gasteiger partial charge < -0.3 is 18.9 Å². The van der Waals surface area contributed by atoms with Crippen LogP contribution in [0, 0.1) is 6.92 Å². The first-order valence-corrected chi connectivity index (χ1v) is 10.6. The third-order valence-electron chi connectivity index (χ3n) is 5.96. The first-order valence-electron chi connectivity index (χ1n) is 10.6. The van der Waals surface area contributed by atoms with E-state index in [1.165, 1.54) is 0 Å². The van der Waals surface area contributed by atoms with Crippen molar-refractivity contribution in [3.05, 3.63) is 72.4 Å². The maximum Gasteiger partial charge on any atom is 0.227 e. The summed E-state index contributed by atoms with van der Waals surface area (Å²) >= 11 is 0. The Bertz CT molecular complexity index is 1220. The van der Waals surface area contributed by atoms with E-state index < -0.39 is 0 Å². The summed E-state index contributed by atoms with van der Waals surface area (Å²) in [5.74, 6) is 2.71. The van der Waals surface area contributed by atoms with Crippen molar-refractivity contribution < 1.29 is 4.79 Å². The van der Waals surface area contributed by atoms with Crippen molar-refractivity contribution in [3.8, 4) is 5.82 Å². The lowest BCUT2D eigenvalue weighted by molar-refractivity contribution is -0.130. The molecule has 0 saturated carbocycles. The molecule has 4 heterocycles. The lowest BCUT2D eigenvalue weighted by atomic mass is 10.1. The predicted molar refractivity (Wildman–Crippen MR) is 122 cm³/mol. The van der Waals surface area contributed by atoms with Gasteiger partial charge in [-0.25, -0.2) is 9.97 Å². The van der Waals surface area contributed by atoms with Crippen LogP contribution < -0.4 is 4.90 Å². The van der Waals surface area contributed by atoms with E-state index >= 15 is 0 Å². The Hall–Kier alpha value is -3.61. The lowest BCUT2D eigenvalue weighted by Gasteiger charge is -2.35. The number of rotatable bonds is 4. The highest BCUT2D eigenvalue weighted by molar-refractivity contribution is 5.89. The molecular formula is C24H26N6O. The van der Waals surface area contributed by atoms with Crippen molar-refractivity contribution in [1.29, 1.82) is 0 Å². The van der Waals surface area contributed by atoms with Gasteiger partial charge >= 0.3 is 0 Å². The fourth-order valence-corrected chi connectivity index (χ4v) is 4.34. The van der Waals surface area contributed by atoms with Crippen LogP contribution in [0.4, 0.5) is 5.82 Å². The average molecular weight is 415 g/mol. The van der Waals surface area contributed by atoms with Gasteiger partial charge in [0, 0.05) is 68.8 Å². The van der Waals surface area contributed by atoms with E-state index in [9.17, 15) is 4.79 Å². The van der Waals surface area contributed by atoms with Crippen molar-refractivity contribution >= 4 is 22.6 Å². The van der Waals surface area contributed by atoms with Gasteiger partial charge in [0.25, 0.3) is 0 Å². The number of aromatic nitrogens is 4. The SMILES string of the molecule is Cc1nc(N2CCN(C(=O)Cc3cn(C)c4ccccc34)CC2)cc(-n2cccc2)n1. The number of hydrogen-bond donors (Lipinski definition) is 0. The zero-order valence-corrected chi connectivity index (χ0v) is 17.9. The van der Waals surface area contributed by atoms with Crippen molar-refractivity contribution in [1.82, 2.24) is 24.0 Å². The standard InChI is InChI=1S/C24H26N6O/c1-18-25-22(28-9-5-6-10-28)16-23(26-18)29-11-13-30(14-12-29)24(31)15-19-17-27(2)21-8-4-3-7-20(19)21/h3-10,16-17H,11-15H2,1-2H3. The van der Waals surface area contributed by atoms with Gasteiger partial charge in [-0.3, -0.25) is 4.79 Å². The molecule has 1 amide bonds. The van der Waals surface area contributed by atoms with E-state index in [0.29, 0.717) is 19.5 Å². The summed E-state index contributed by atoms with van der Waals surface area (Å²) in [5.41, 5.74) is 2.25. The molecule has 5 rings (SSSR count). The molecule has 3 aromatic heterocycles. The summed E-state index contributed by atoms with van der Waals surface area (Å²) in [4.78, 5) is 26.4. The molecule has 0 spiro atoms. The molecule has 1 fully saturated rings. The summed E-state index contributed by atoms with van der Waals surface area (Å²) in [6, 6.07) is 14.2. The Morgan fingerprint density at radius 2 is 1.68 bits per heavy atom. The summed E-state index contributed by atoms with van der Waals surface area (Å²) in [7, 11) is 2.03. The minimum Gasteiger partial charge on any atom is -0.353 e. The highest BCUT2D eigenvalue weighted by Gasteiger charge is 2.23. The zero-order valence-electron chi connectivity index (χ0n) is 17.9. The number of hydrogen-bond acceptors (Lipinski definition) is 4. The van der Waals surface area contributed by atoms with Crippen LogP contribution in [0.15, 0.2) is 61.1 Å². The second-order valence-electron chi connectivity index (χ2n) is 8.05.